The Bertz CT molecular complexity index is 505. The van der Waals surface area contributed by atoms with Crippen molar-refractivity contribution in [2.45, 2.75) is 19.9 Å². The second kappa shape index (κ2) is 4.78. The molecule has 0 atom stereocenters. The highest BCUT2D eigenvalue weighted by Crippen LogP contribution is 2.17. The van der Waals surface area contributed by atoms with Crippen LogP contribution < -0.4 is 5.32 Å². The van der Waals surface area contributed by atoms with Crippen molar-refractivity contribution >= 4 is 12.0 Å². The molecule has 0 bridgehead atoms. The van der Waals surface area contributed by atoms with Gasteiger partial charge in [0.2, 0.25) is 0 Å². The molecule has 2 rings (SSSR count). The fourth-order valence-corrected chi connectivity index (χ4v) is 1.51. The normalized spacial score (nSPS) is 10.5. The predicted molar refractivity (Wildman–Crippen MR) is 65.5 cm³/mol. The molecule has 0 radical (unpaired) electrons. The van der Waals surface area contributed by atoms with Gasteiger partial charge in [0.15, 0.2) is 12.1 Å². The number of pyridine rings is 1. The van der Waals surface area contributed by atoms with Crippen molar-refractivity contribution in [2.75, 3.05) is 5.32 Å². The maximum absolute atomic E-state index is 10.9. The summed E-state index contributed by atoms with van der Waals surface area (Å²) in [6, 6.07) is 3.89. The smallest absolute Gasteiger partial charge is 0.155 e. The molecule has 2 aromatic heterocycles. The third-order valence-electron chi connectivity index (χ3n) is 2.23. The molecule has 0 spiro atoms. The van der Waals surface area contributed by atoms with Crippen LogP contribution in [0.4, 0.5) is 5.69 Å². The van der Waals surface area contributed by atoms with E-state index in [2.05, 4.69) is 15.4 Å². The van der Waals surface area contributed by atoms with Gasteiger partial charge >= 0.3 is 0 Å². The van der Waals surface area contributed by atoms with Crippen LogP contribution in [0, 0.1) is 0 Å². The van der Waals surface area contributed by atoms with Crippen molar-refractivity contribution in [2.24, 2.45) is 0 Å². The summed E-state index contributed by atoms with van der Waals surface area (Å²) in [5.41, 5.74) is 1.32. The Morgan fingerprint density at radius 2 is 2.29 bits per heavy atom. The van der Waals surface area contributed by atoms with Gasteiger partial charge in [0.05, 0.1) is 11.3 Å². The van der Waals surface area contributed by atoms with E-state index in [0.717, 1.165) is 12.0 Å². The summed E-state index contributed by atoms with van der Waals surface area (Å²) in [7, 11) is 0. The van der Waals surface area contributed by atoms with Crippen LogP contribution >= 0.6 is 0 Å². The van der Waals surface area contributed by atoms with Gasteiger partial charge in [0.1, 0.15) is 0 Å². The summed E-state index contributed by atoms with van der Waals surface area (Å²) >= 11 is 0. The van der Waals surface area contributed by atoms with E-state index in [9.17, 15) is 4.79 Å². The van der Waals surface area contributed by atoms with Gasteiger partial charge in [-0.25, -0.2) is 9.67 Å². The summed E-state index contributed by atoms with van der Waals surface area (Å²) in [6.07, 6.45) is 5.84. The first-order valence-corrected chi connectivity index (χ1v) is 5.42. The molecule has 0 aliphatic heterocycles. The molecule has 0 aromatic carbocycles. The zero-order chi connectivity index (χ0) is 12.3. The van der Waals surface area contributed by atoms with Crippen molar-refractivity contribution in [3.8, 4) is 5.82 Å². The minimum atomic E-state index is 0.251. The number of carbonyl (C=O) groups is 1. The van der Waals surface area contributed by atoms with Crippen LogP contribution in [-0.4, -0.2) is 27.1 Å². The third kappa shape index (κ3) is 2.50. The molecule has 2 aromatic rings. The van der Waals surface area contributed by atoms with Gasteiger partial charge in [-0.15, -0.1) is 0 Å². The van der Waals surface area contributed by atoms with Crippen LogP contribution in [0.15, 0.2) is 30.7 Å². The maximum atomic E-state index is 10.9. The van der Waals surface area contributed by atoms with Crippen molar-refractivity contribution in [1.29, 1.82) is 0 Å². The Kier molecular flexibility index (Phi) is 3.18. The maximum Gasteiger partial charge on any atom is 0.155 e. The number of aromatic nitrogens is 3. The average molecular weight is 230 g/mol. The molecule has 0 saturated carbocycles. The van der Waals surface area contributed by atoms with Crippen molar-refractivity contribution in [1.82, 2.24) is 14.8 Å². The second-order valence-corrected chi connectivity index (χ2v) is 4.00. The Hall–Kier alpha value is -2.17. The molecule has 0 aliphatic rings. The number of nitrogens with zero attached hydrogens (tertiary/aromatic N) is 3. The average Bonchev–Trinajstić information content (AvgIpc) is 2.81. The molecule has 0 saturated heterocycles. The Balaban J connectivity index is 2.41. The van der Waals surface area contributed by atoms with E-state index in [1.807, 2.05) is 32.2 Å². The molecule has 5 heteroatoms. The van der Waals surface area contributed by atoms with Gasteiger partial charge in [0.25, 0.3) is 0 Å². The topological polar surface area (TPSA) is 59.8 Å². The van der Waals surface area contributed by atoms with E-state index in [1.165, 1.54) is 0 Å². The first-order valence-electron chi connectivity index (χ1n) is 5.42. The van der Waals surface area contributed by atoms with E-state index >= 15 is 0 Å². The summed E-state index contributed by atoms with van der Waals surface area (Å²) in [4.78, 5) is 15.1. The summed E-state index contributed by atoms with van der Waals surface area (Å²) in [6.45, 7) is 4.03. The fraction of sp³-hybridized carbons (Fsp3) is 0.250. The Labute approximate surface area is 99.5 Å². The highest BCUT2D eigenvalue weighted by molar-refractivity contribution is 5.84. The lowest BCUT2D eigenvalue weighted by molar-refractivity contribution is 0.112. The van der Waals surface area contributed by atoms with E-state index in [0.29, 0.717) is 11.4 Å². The summed E-state index contributed by atoms with van der Waals surface area (Å²) < 4.78 is 1.65. The van der Waals surface area contributed by atoms with E-state index < -0.39 is 0 Å². The Morgan fingerprint density at radius 1 is 1.47 bits per heavy atom. The summed E-state index contributed by atoms with van der Waals surface area (Å²) in [5.74, 6) is 0.684. The van der Waals surface area contributed by atoms with Crippen LogP contribution in [0.2, 0.25) is 0 Å². The number of hydrogen-bond acceptors (Lipinski definition) is 4. The zero-order valence-corrected chi connectivity index (χ0v) is 9.79. The minimum Gasteiger partial charge on any atom is -0.382 e. The quantitative estimate of drug-likeness (QED) is 0.815. The molecule has 0 aliphatic carbocycles. The number of aldehydes is 1. The molecule has 1 N–H and O–H groups in total. The molecule has 88 valence electrons. The van der Waals surface area contributed by atoms with Crippen molar-refractivity contribution in [3.05, 3.63) is 36.3 Å². The van der Waals surface area contributed by atoms with Crippen LogP contribution in [0.3, 0.4) is 0 Å². The lowest BCUT2D eigenvalue weighted by atomic mass is 10.2. The molecular weight excluding hydrogens is 216 g/mol. The van der Waals surface area contributed by atoms with Gasteiger partial charge in [0, 0.05) is 30.7 Å². The molecular formula is C12H14N4O. The predicted octanol–water partition coefficient (Wildman–Crippen LogP) is 1.90. The van der Waals surface area contributed by atoms with Crippen molar-refractivity contribution < 1.29 is 4.79 Å². The van der Waals surface area contributed by atoms with E-state index in [-0.39, 0.29) is 6.04 Å². The number of hydrogen-bond donors (Lipinski definition) is 1. The lowest BCUT2D eigenvalue weighted by Crippen LogP contribution is -2.12. The number of nitrogens with one attached hydrogen (secondary N) is 1. The number of rotatable bonds is 4. The molecule has 5 nitrogen and oxygen atoms in total. The van der Waals surface area contributed by atoms with E-state index in [1.54, 1.807) is 17.1 Å². The van der Waals surface area contributed by atoms with Gasteiger partial charge in [-0.2, -0.15) is 5.10 Å². The Morgan fingerprint density at radius 3 is 2.88 bits per heavy atom. The molecule has 0 fully saturated rings. The van der Waals surface area contributed by atoms with Gasteiger partial charge in [-0.05, 0) is 19.9 Å². The van der Waals surface area contributed by atoms with Crippen LogP contribution in [0.1, 0.15) is 24.2 Å². The molecule has 0 unspecified atom stereocenters. The van der Waals surface area contributed by atoms with Crippen LogP contribution in [0.5, 0.6) is 0 Å². The standard InChI is InChI=1S/C12H14N4O/c1-9(2)15-11-6-12(13-7-10(11)8-17)16-5-3-4-14-16/h3-9H,1-2H3,(H,13,15). The largest absolute Gasteiger partial charge is 0.382 e. The fourth-order valence-electron chi connectivity index (χ4n) is 1.51. The highest BCUT2D eigenvalue weighted by Gasteiger charge is 2.07. The summed E-state index contributed by atoms with van der Waals surface area (Å²) in [5, 5.41) is 7.31. The van der Waals surface area contributed by atoms with Crippen molar-refractivity contribution in [3.63, 3.8) is 0 Å². The highest BCUT2D eigenvalue weighted by atomic mass is 16.1. The first kappa shape index (κ1) is 11.3. The van der Waals surface area contributed by atoms with Crippen LogP contribution in [0.25, 0.3) is 5.82 Å². The first-order chi connectivity index (χ1) is 8.20. The SMILES string of the molecule is CC(C)Nc1cc(-n2cccn2)ncc1C=O. The lowest BCUT2D eigenvalue weighted by Gasteiger charge is -2.13. The van der Waals surface area contributed by atoms with Crippen LogP contribution in [-0.2, 0) is 0 Å². The van der Waals surface area contributed by atoms with E-state index in [4.69, 9.17) is 0 Å². The number of carbonyl (C=O) groups excluding carboxylic acids is 1. The van der Waals surface area contributed by atoms with Gasteiger partial charge in [-0.1, -0.05) is 0 Å². The molecule has 0 amide bonds. The minimum absolute atomic E-state index is 0.251. The zero-order valence-electron chi connectivity index (χ0n) is 9.79. The molecule has 17 heavy (non-hydrogen) atoms. The molecule has 2 heterocycles. The third-order valence-corrected chi connectivity index (χ3v) is 2.23. The van der Waals surface area contributed by atoms with Gasteiger partial charge < -0.3 is 5.32 Å². The number of anilines is 1. The van der Waals surface area contributed by atoms with Gasteiger partial charge in [-0.3, -0.25) is 4.79 Å². The monoisotopic (exact) mass is 230 g/mol. The second-order valence-electron chi connectivity index (χ2n) is 4.00.